The van der Waals surface area contributed by atoms with Crippen molar-refractivity contribution in [2.45, 2.75) is 39.2 Å². The van der Waals surface area contributed by atoms with Crippen molar-refractivity contribution >= 4 is 11.8 Å². The van der Waals surface area contributed by atoms with Gasteiger partial charge in [0.05, 0.1) is 20.6 Å². The average molecular weight is 371 g/mol. The van der Waals surface area contributed by atoms with E-state index in [-0.39, 0.29) is 18.8 Å². The van der Waals surface area contributed by atoms with Crippen LogP contribution in [-0.4, -0.2) is 37.1 Å². The molecule has 0 aliphatic heterocycles. The molecule has 0 amide bonds. The van der Waals surface area contributed by atoms with Gasteiger partial charge in [0.15, 0.2) is 18.1 Å². The molecular weight excluding hydrogens is 346 g/mol. The Balaban J connectivity index is 1.59. The minimum Gasteiger partial charge on any atom is -0.493 e. The predicted octanol–water partition coefficient (Wildman–Crippen LogP) is 3.43. The van der Waals surface area contributed by atoms with Gasteiger partial charge in [0.1, 0.15) is 0 Å². The Morgan fingerprint density at radius 3 is 2.41 bits per heavy atom. The van der Waals surface area contributed by atoms with Gasteiger partial charge in [0.25, 0.3) is 0 Å². The standard InChI is InChI=1S/C21H25NO5/c1-13-9-17(14(2)22(13)16-6-7-16)18(23)12-27-21(24)11-15-5-8-19(25-3)20(10-15)26-4/h5,8-10,16H,6-7,11-12H2,1-4H3. The quantitative estimate of drug-likeness (QED) is 0.525. The average Bonchev–Trinajstić information content (AvgIpc) is 3.44. The Labute approximate surface area is 159 Å². The lowest BCUT2D eigenvalue weighted by atomic mass is 10.1. The zero-order valence-corrected chi connectivity index (χ0v) is 16.2. The molecule has 0 spiro atoms. The first-order valence-electron chi connectivity index (χ1n) is 9.02. The molecule has 1 fully saturated rings. The van der Waals surface area contributed by atoms with Gasteiger partial charge in [-0.15, -0.1) is 0 Å². The lowest BCUT2D eigenvalue weighted by molar-refractivity contribution is -0.141. The van der Waals surface area contributed by atoms with E-state index in [2.05, 4.69) is 4.57 Å². The van der Waals surface area contributed by atoms with E-state index in [1.807, 2.05) is 19.9 Å². The first-order valence-corrected chi connectivity index (χ1v) is 9.02. The topological polar surface area (TPSA) is 66.8 Å². The molecule has 0 bridgehead atoms. The third kappa shape index (κ3) is 4.15. The SMILES string of the molecule is COc1ccc(CC(=O)OCC(=O)c2cc(C)n(C3CC3)c2C)cc1OC. The van der Waals surface area contributed by atoms with Crippen LogP contribution in [0.2, 0.25) is 0 Å². The molecule has 3 rings (SSSR count). The number of benzene rings is 1. The fourth-order valence-electron chi connectivity index (χ4n) is 3.39. The molecule has 27 heavy (non-hydrogen) atoms. The number of esters is 1. The first-order chi connectivity index (χ1) is 12.9. The van der Waals surface area contributed by atoms with Crippen molar-refractivity contribution in [3.63, 3.8) is 0 Å². The number of methoxy groups -OCH3 is 2. The van der Waals surface area contributed by atoms with Crippen LogP contribution in [0.5, 0.6) is 11.5 Å². The van der Waals surface area contributed by atoms with E-state index in [0.717, 1.165) is 29.8 Å². The summed E-state index contributed by atoms with van der Waals surface area (Å²) in [6.45, 7) is 3.70. The Bertz CT molecular complexity index is 864. The van der Waals surface area contributed by atoms with Crippen LogP contribution in [0.3, 0.4) is 0 Å². The number of nitrogens with zero attached hydrogens (tertiary/aromatic N) is 1. The Hall–Kier alpha value is -2.76. The number of aromatic nitrogens is 1. The van der Waals surface area contributed by atoms with Crippen LogP contribution < -0.4 is 9.47 Å². The lowest BCUT2D eigenvalue weighted by Gasteiger charge is -2.10. The van der Waals surface area contributed by atoms with Gasteiger partial charge in [0.2, 0.25) is 5.78 Å². The summed E-state index contributed by atoms with van der Waals surface area (Å²) in [4.78, 5) is 24.6. The van der Waals surface area contributed by atoms with Gasteiger partial charge in [-0.25, -0.2) is 0 Å². The normalized spacial score (nSPS) is 13.3. The van der Waals surface area contributed by atoms with Crippen LogP contribution in [0.15, 0.2) is 24.3 Å². The van der Waals surface area contributed by atoms with Crippen LogP contribution >= 0.6 is 0 Å². The Morgan fingerprint density at radius 2 is 1.78 bits per heavy atom. The number of carbonyl (C=O) groups excluding carboxylic acids is 2. The number of ether oxygens (including phenoxy) is 3. The van der Waals surface area contributed by atoms with Crippen LogP contribution in [0.4, 0.5) is 0 Å². The maximum Gasteiger partial charge on any atom is 0.310 e. The second-order valence-corrected chi connectivity index (χ2v) is 6.84. The zero-order valence-electron chi connectivity index (χ0n) is 16.2. The van der Waals surface area contributed by atoms with Gasteiger partial charge in [-0.2, -0.15) is 0 Å². The summed E-state index contributed by atoms with van der Waals surface area (Å²) in [6.07, 6.45) is 2.38. The third-order valence-electron chi connectivity index (χ3n) is 4.86. The van der Waals surface area contributed by atoms with Crippen molar-refractivity contribution in [2.24, 2.45) is 0 Å². The van der Waals surface area contributed by atoms with Crippen LogP contribution in [0, 0.1) is 13.8 Å². The van der Waals surface area contributed by atoms with E-state index >= 15 is 0 Å². The van der Waals surface area contributed by atoms with Crippen molar-refractivity contribution in [3.8, 4) is 11.5 Å². The molecule has 0 radical (unpaired) electrons. The summed E-state index contributed by atoms with van der Waals surface area (Å²) in [7, 11) is 3.09. The molecule has 1 aromatic heterocycles. The second kappa shape index (κ2) is 7.86. The monoisotopic (exact) mass is 371 g/mol. The van der Waals surface area contributed by atoms with Gasteiger partial charge >= 0.3 is 5.97 Å². The molecule has 0 unspecified atom stereocenters. The summed E-state index contributed by atoms with van der Waals surface area (Å²) in [5, 5.41) is 0. The number of hydrogen-bond donors (Lipinski definition) is 0. The highest BCUT2D eigenvalue weighted by Gasteiger charge is 2.28. The summed E-state index contributed by atoms with van der Waals surface area (Å²) >= 11 is 0. The minimum atomic E-state index is -0.452. The fraction of sp³-hybridized carbons (Fsp3) is 0.429. The summed E-state index contributed by atoms with van der Waals surface area (Å²) < 4.78 is 17.8. The van der Waals surface area contributed by atoms with Crippen molar-refractivity contribution in [3.05, 3.63) is 46.8 Å². The molecule has 6 heteroatoms. The minimum absolute atomic E-state index is 0.0642. The highest BCUT2D eigenvalue weighted by Crippen LogP contribution is 2.38. The Morgan fingerprint density at radius 1 is 1.07 bits per heavy atom. The smallest absolute Gasteiger partial charge is 0.310 e. The molecule has 1 saturated carbocycles. The molecule has 144 valence electrons. The van der Waals surface area contributed by atoms with Gasteiger partial charge in [-0.05, 0) is 50.5 Å². The molecule has 2 aromatic rings. The molecular formula is C21H25NO5. The number of rotatable bonds is 8. The van der Waals surface area contributed by atoms with Crippen molar-refractivity contribution in [1.29, 1.82) is 0 Å². The summed E-state index contributed by atoms with van der Waals surface area (Å²) in [6, 6.07) is 7.63. The zero-order chi connectivity index (χ0) is 19.6. The largest absolute Gasteiger partial charge is 0.493 e. The van der Waals surface area contributed by atoms with Crippen LogP contribution in [0.25, 0.3) is 0 Å². The van der Waals surface area contributed by atoms with Gasteiger partial charge in [-0.1, -0.05) is 6.07 Å². The van der Waals surface area contributed by atoms with E-state index in [4.69, 9.17) is 14.2 Å². The maximum atomic E-state index is 12.5. The molecule has 1 heterocycles. The number of ketones is 1. The van der Waals surface area contributed by atoms with E-state index in [9.17, 15) is 9.59 Å². The van der Waals surface area contributed by atoms with Gasteiger partial charge < -0.3 is 18.8 Å². The highest BCUT2D eigenvalue weighted by atomic mass is 16.5. The first kappa shape index (κ1) is 19.0. The molecule has 6 nitrogen and oxygen atoms in total. The maximum absolute atomic E-state index is 12.5. The van der Waals surface area contributed by atoms with Crippen LogP contribution in [-0.2, 0) is 16.0 Å². The molecule has 1 aromatic carbocycles. The number of Topliss-reactive ketones (excluding diaryl/α,β-unsaturated/α-hetero) is 1. The van der Waals surface area contributed by atoms with Crippen molar-refractivity contribution in [2.75, 3.05) is 20.8 Å². The number of hydrogen-bond acceptors (Lipinski definition) is 5. The number of carbonyl (C=O) groups is 2. The number of aryl methyl sites for hydroxylation is 1. The van der Waals surface area contributed by atoms with Crippen LogP contribution in [0.1, 0.15) is 46.2 Å². The fourth-order valence-corrected chi connectivity index (χ4v) is 3.39. The highest BCUT2D eigenvalue weighted by molar-refractivity contribution is 5.99. The van der Waals surface area contributed by atoms with E-state index in [1.54, 1.807) is 25.3 Å². The molecule has 0 atom stereocenters. The lowest BCUT2D eigenvalue weighted by Crippen LogP contribution is -2.16. The molecule has 1 aliphatic rings. The summed E-state index contributed by atoms with van der Waals surface area (Å²) in [5.74, 6) is 0.518. The van der Waals surface area contributed by atoms with Crippen molar-refractivity contribution < 1.29 is 23.8 Å². The van der Waals surface area contributed by atoms with E-state index in [1.165, 1.54) is 7.11 Å². The molecule has 0 saturated heterocycles. The Kier molecular flexibility index (Phi) is 5.54. The second-order valence-electron chi connectivity index (χ2n) is 6.84. The molecule has 1 aliphatic carbocycles. The predicted molar refractivity (Wildman–Crippen MR) is 101 cm³/mol. The van der Waals surface area contributed by atoms with E-state index < -0.39 is 5.97 Å². The van der Waals surface area contributed by atoms with Gasteiger partial charge in [0, 0.05) is 23.0 Å². The van der Waals surface area contributed by atoms with E-state index in [0.29, 0.717) is 23.1 Å². The molecule has 0 N–H and O–H groups in total. The van der Waals surface area contributed by atoms with Gasteiger partial charge in [-0.3, -0.25) is 9.59 Å². The van der Waals surface area contributed by atoms with Crippen molar-refractivity contribution in [1.82, 2.24) is 4.57 Å². The third-order valence-corrected chi connectivity index (χ3v) is 4.86. The summed E-state index contributed by atoms with van der Waals surface area (Å²) in [5.41, 5.74) is 3.40.